The Morgan fingerprint density at radius 3 is 1.07 bits per heavy atom. The Hall–Kier alpha value is 1.26. The van der Waals surface area contributed by atoms with Gasteiger partial charge in [0.1, 0.15) is 0 Å². The number of rotatable bonds is 19. The summed E-state index contributed by atoms with van der Waals surface area (Å²) in [5.74, 6) is 0. The monoisotopic (exact) mass is 466 g/mol. The van der Waals surface area contributed by atoms with Gasteiger partial charge in [-0.25, -0.2) is 0 Å². The van der Waals surface area contributed by atoms with Gasteiger partial charge in [-0.15, -0.1) is 0 Å². The molecule has 0 saturated heterocycles. The Morgan fingerprint density at radius 2 is 0.862 bits per heavy atom. The van der Waals surface area contributed by atoms with Crippen molar-refractivity contribution in [1.29, 1.82) is 0 Å². The summed E-state index contributed by atoms with van der Waals surface area (Å²) in [5, 5.41) is 0. The SMILES string of the molecule is CCCOP(=O)(OCCC)C(N(CCC)CCC)P(=O)(OCCC)OCCC.[Na]. The summed E-state index contributed by atoms with van der Waals surface area (Å²) in [6, 6.07) is 0. The molecule has 0 aliphatic carbocycles. The zero-order valence-corrected chi connectivity index (χ0v) is 23.6. The Bertz CT molecular complexity index is 420. The van der Waals surface area contributed by atoms with Gasteiger partial charge >= 0.3 is 15.2 Å². The van der Waals surface area contributed by atoms with Crippen molar-refractivity contribution >= 4 is 44.7 Å². The average molecular weight is 466 g/mol. The first-order valence-corrected chi connectivity index (χ1v) is 14.1. The van der Waals surface area contributed by atoms with Gasteiger partial charge in [0.05, 0.1) is 26.4 Å². The van der Waals surface area contributed by atoms with Crippen molar-refractivity contribution in [2.45, 2.75) is 85.6 Å². The molecule has 0 aliphatic heterocycles. The minimum Gasteiger partial charge on any atom is -0.307 e. The second kappa shape index (κ2) is 18.8. The van der Waals surface area contributed by atoms with E-state index in [4.69, 9.17) is 18.1 Å². The van der Waals surface area contributed by atoms with Crippen molar-refractivity contribution in [1.82, 2.24) is 4.90 Å². The molecule has 0 saturated carbocycles. The Labute approximate surface area is 201 Å². The first-order chi connectivity index (χ1) is 13.4. The van der Waals surface area contributed by atoms with E-state index in [1.165, 1.54) is 0 Å². The van der Waals surface area contributed by atoms with Crippen LogP contribution < -0.4 is 0 Å². The molecule has 0 aromatic rings. The van der Waals surface area contributed by atoms with E-state index in [9.17, 15) is 9.13 Å². The van der Waals surface area contributed by atoms with Crippen molar-refractivity contribution in [2.75, 3.05) is 39.5 Å². The maximum absolute atomic E-state index is 14.0. The minimum absolute atomic E-state index is 0. The maximum atomic E-state index is 14.0. The van der Waals surface area contributed by atoms with Gasteiger partial charge in [0.25, 0.3) is 0 Å². The summed E-state index contributed by atoms with van der Waals surface area (Å²) >= 11 is 0. The normalized spacial score (nSPS) is 12.6. The van der Waals surface area contributed by atoms with E-state index in [1.807, 2.05) is 46.4 Å². The van der Waals surface area contributed by atoms with Crippen LogP contribution in [0, 0.1) is 0 Å². The van der Waals surface area contributed by atoms with Gasteiger partial charge in [-0.05, 0) is 51.6 Å². The van der Waals surface area contributed by atoms with E-state index in [2.05, 4.69) is 0 Å². The summed E-state index contributed by atoms with van der Waals surface area (Å²) in [5.41, 5.74) is -1.05. The van der Waals surface area contributed by atoms with E-state index >= 15 is 0 Å². The van der Waals surface area contributed by atoms with Crippen LogP contribution in [0.5, 0.6) is 0 Å². The predicted molar refractivity (Wildman–Crippen MR) is 122 cm³/mol. The van der Waals surface area contributed by atoms with Crippen molar-refractivity contribution in [2.24, 2.45) is 0 Å². The molecule has 29 heavy (non-hydrogen) atoms. The van der Waals surface area contributed by atoms with Crippen LogP contribution in [0.1, 0.15) is 80.1 Å². The largest absolute Gasteiger partial charge is 0.360 e. The van der Waals surface area contributed by atoms with Crippen LogP contribution in [-0.2, 0) is 27.2 Å². The molecule has 0 atom stereocenters. The summed E-state index contributed by atoms with van der Waals surface area (Å²) in [6.07, 6.45) is 4.37. The average Bonchev–Trinajstić information content (AvgIpc) is 2.68. The van der Waals surface area contributed by atoms with Gasteiger partial charge in [0.15, 0.2) is 0 Å². The van der Waals surface area contributed by atoms with E-state index in [0.29, 0.717) is 38.8 Å². The van der Waals surface area contributed by atoms with E-state index < -0.39 is 20.7 Å². The third-order valence-electron chi connectivity index (χ3n) is 3.82. The fourth-order valence-corrected chi connectivity index (χ4v) is 8.58. The standard InChI is InChI=1S/C19H43NO6P2.Na/c1-7-13-20(14-8-2)19(27(21,23-15-9-3)24-16-10-4)28(22,25-17-11-5)26-18-12-6;/h19H,7-18H2,1-6H3;. The molecule has 0 spiro atoms. The molecular formula is C19H43NNaO6P2. The molecule has 0 aromatic heterocycles. The van der Waals surface area contributed by atoms with Crippen LogP contribution >= 0.6 is 15.2 Å². The molecular weight excluding hydrogens is 423 g/mol. The van der Waals surface area contributed by atoms with Crippen LogP contribution in [0.4, 0.5) is 0 Å². The molecule has 1 radical (unpaired) electrons. The quantitative estimate of drug-likeness (QED) is 0.168. The van der Waals surface area contributed by atoms with Gasteiger partial charge in [-0.2, -0.15) is 0 Å². The third-order valence-corrected chi connectivity index (χ3v) is 9.47. The number of hydrogen-bond donors (Lipinski definition) is 0. The molecule has 0 bridgehead atoms. The zero-order valence-electron chi connectivity index (χ0n) is 19.9. The molecule has 7 nitrogen and oxygen atoms in total. The van der Waals surface area contributed by atoms with Gasteiger partial charge < -0.3 is 18.1 Å². The van der Waals surface area contributed by atoms with E-state index in [1.54, 1.807) is 0 Å². The van der Waals surface area contributed by atoms with E-state index in [0.717, 1.165) is 12.8 Å². The van der Waals surface area contributed by atoms with Crippen molar-refractivity contribution in [3.8, 4) is 0 Å². The molecule has 0 amide bonds. The number of hydrogen-bond acceptors (Lipinski definition) is 7. The Kier molecular flexibility index (Phi) is 21.0. The topological polar surface area (TPSA) is 74.3 Å². The van der Waals surface area contributed by atoms with Gasteiger partial charge in [0, 0.05) is 29.6 Å². The van der Waals surface area contributed by atoms with Gasteiger partial charge in [0.2, 0.25) is 5.52 Å². The Balaban J connectivity index is 0. The first-order valence-electron chi connectivity index (χ1n) is 10.9. The van der Waals surface area contributed by atoms with Crippen LogP contribution in [-0.4, -0.2) is 79.5 Å². The molecule has 171 valence electrons. The van der Waals surface area contributed by atoms with Crippen molar-refractivity contribution in [3.05, 3.63) is 0 Å². The van der Waals surface area contributed by atoms with E-state index in [-0.39, 0.29) is 56.0 Å². The molecule has 0 aliphatic rings. The summed E-state index contributed by atoms with van der Waals surface area (Å²) in [6.45, 7) is 14.1. The first kappa shape index (κ1) is 32.4. The predicted octanol–water partition coefficient (Wildman–Crippen LogP) is 6.10. The van der Waals surface area contributed by atoms with Crippen LogP contribution in [0.2, 0.25) is 0 Å². The summed E-state index contributed by atoms with van der Waals surface area (Å²) in [7, 11) is -7.53. The summed E-state index contributed by atoms with van der Waals surface area (Å²) < 4.78 is 51.1. The van der Waals surface area contributed by atoms with Crippen LogP contribution in [0.3, 0.4) is 0 Å². The molecule has 0 N–H and O–H groups in total. The van der Waals surface area contributed by atoms with Crippen molar-refractivity contribution < 1.29 is 27.2 Å². The van der Waals surface area contributed by atoms with Crippen LogP contribution in [0.15, 0.2) is 0 Å². The fourth-order valence-electron chi connectivity index (χ4n) is 2.71. The molecule has 10 heteroatoms. The fraction of sp³-hybridized carbons (Fsp3) is 1.00. The van der Waals surface area contributed by atoms with Gasteiger partial charge in [-0.1, -0.05) is 41.5 Å². The molecule has 0 heterocycles. The molecule has 0 fully saturated rings. The number of nitrogens with zero attached hydrogens (tertiary/aromatic N) is 1. The minimum atomic E-state index is -3.77. The third kappa shape index (κ3) is 11.6. The maximum Gasteiger partial charge on any atom is 0.360 e. The molecule has 0 unspecified atom stereocenters. The van der Waals surface area contributed by atoms with Gasteiger partial charge in [-0.3, -0.25) is 14.0 Å². The molecule has 0 aromatic carbocycles. The van der Waals surface area contributed by atoms with Crippen molar-refractivity contribution in [3.63, 3.8) is 0 Å². The smallest absolute Gasteiger partial charge is 0.307 e. The zero-order chi connectivity index (χ0) is 21.5. The second-order valence-corrected chi connectivity index (χ2v) is 11.4. The molecule has 0 rings (SSSR count). The van der Waals surface area contributed by atoms with Crippen LogP contribution in [0.25, 0.3) is 0 Å². The summed E-state index contributed by atoms with van der Waals surface area (Å²) in [4.78, 5) is 1.93. The Morgan fingerprint density at radius 1 is 0.586 bits per heavy atom. The second-order valence-electron chi connectivity index (χ2n) is 6.79.